The maximum absolute atomic E-state index is 12.1. The summed E-state index contributed by atoms with van der Waals surface area (Å²) in [5.74, 6) is -0.0698. The number of nitrogens with one attached hydrogen (secondary N) is 1. The third kappa shape index (κ3) is 2.18. The van der Waals surface area contributed by atoms with E-state index in [2.05, 4.69) is 15.4 Å². The van der Waals surface area contributed by atoms with Crippen LogP contribution in [0.25, 0.3) is 5.65 Å². The Labute approximate surface area is 115 Å². The van der Waals surface area contributed by atoms with E-state index in [0.717, 1.165) is 5.56 Å². The number of nitrogens with two attached hydrogens (primary N) is 1. The van der Waals surface area contributed by atoms with Crippen molar-refractivity contribution in [2.75, 3.05) is 11.1 Å². The maximum Gasteiger partial charge on any atom is 0.260 e. The molecule has 0 saturated carbocycles. The minimum absolute atomic E-state index is 0.254. The van der Waals surface area contributed by atoms with E-state index in [-0.39, 0.29) is 11.9 Å². The number of amides is 1. The van der Waals surface area contributed by atoms with Crippen LogP contribution in [0, 0.1) is 6.92 Å². The number of carbonyl (C=O) groups is 1. The summed E-state index contributed by atoms with van der Waals surface area (Å²) >= 11 is 0. The van der Waals surface area contributed by atoms with Gasteiger partial charge >= 0.3 is 0 Å². The van der Waals surface area contributed by atoms with Crippen molar-refractivity contribution in [2.24, 2.45) is 0 Å². The Balaban J connectivity index is 1.89. The molecule has 0 bridgehead atoms. The predicted octanol–water partition coefficient (Wildman–Crippen LogP) is 1.87. The predicted molar refractivity (Wildman–Crippen MR) is 76.5 cm³/mol. The summed E-state index contributed by atoms with van der Waals surface area (Å²) in [4.78, 5) is 16.3. The van der Waals surface area contributed by atoms with Crippen molar-refractivity contribution < 1.29 is 4.79 Å². The SMILES string of the molecule is Cc1ccn2nc(NC(=O)c3ccccc3N)nc2c1. The van der Waals surface area contributed by atoms with Crippen LogP contribution in [0.2, 0.25) is 0 Å². The lowest BCUT2D eigenvalue weighted by molar-refractivity contribution is 0.102. The molecule has 1 aromatic carbocycles. The molecule has 6 heteroatoms. The van der Waals surface area contributed by atoms with Crippen molar-refractivity contribution >= 4 is 23.2 Å². The number of para-hydroxylation sites is 1. The summed E-state index contributed by atoms with van der Waals surface area (Å²) < 4.78 is 1.61. The molecule has 3 aromatic rings. The summed E-state index contributed by atoms with van der Waals surface area (Å²) in [6.07, 6.45) is 1.80. The average molecular weight is 267 g/mol. The Hall–Kier alpha value is -2.89. The quantitative estimate of drug-likeness (QED) is 0.694. The monoisotopic (exact) mass is 267 g/mol. The number of fused-ring (bicyclic) bond motifs is 1. The fourth-order valence-corrected chi connectivity index (χ4v) is 1.91. The summed E-state index contributed by atoms with van der Waals surface area (Å²) in [5, 5.41) is 6.83. The van der Waals surface area contributed by atoms with Crippen molar-refractivity contribution in [1.29, 1.82) is 0 Å². The van der Waals surface area contributed by atoms with Crippen LogP contribution in [-0.2, 0) is 0 Å². The molecule has 0 saturated heterocycles. The highest BCUT2D eigenvalue weighted by atomic mass is 16.1. The van der Waals surface area contributed by atoms with Crippen molar-refractivity contribution in [3.8, 4) is 0 Å². The molecular weight excluding hydrogens is 254 g/mol. The minimum atomic E-state index is -0.323. The first-order valence-corrected chi connectivity index (χ1v) is 6.12. The van der Waals surface area contributed by atoms with E-state index in [0.29, 0.717) is 16.9 Å². The lowest BCUT2D eigenvalue weighted by Crippen LogP contribution is -2.14. The number of aromatic nitrogens is 3. The number of hydrogen-bond acceptors (Lipinski definition) is 4. The first-order valence-electron chi connectivity index (χ1n) is 6.12. The molecule has 3 N–H and O–H groups in total. The van der Waals surface area contributed by atoms with E-state index in [1.54, 1.807) is 35.0 Å². The number of nitrogen functional groups attached to an aromatic ring is 1. The van der Waals surface area contributed by atoms with Crippen LogP contribution in [0.1, 0.15) is 15.9 Å². The molecule has 100 valence electrons. The number of benzene rings is 1. The standard InChI is InChI=1S/C14H13N5O/c1-9-6-7-19-12(8-9)16-14(18-19)17-13(20)10-4-2-3-5-11(10)15/h2-8H,15H2,1H3,(H,17,18,20). The van der Waals surface area contributed by atoms with E-state index in [1.165, 1.54) is 0 Å². The normalized spacial score (nSPS) is 10.7. The molecule has 0 aliphatic rings. The van der Waals surface area contributed by atoms with Gasteiger partial charge in [0.1, 0.15) is 0 Å². The molecule has 0 fully saturated rings. The Bertz CT molecular complexity index is 793. The number of rotatable bonds is 2. The molecule has 20 heavy (non-hydrogen) atoms. The van der Waals surface area contributed by atoms with Crippen LogP contribution in [0.3, 0.4) is 0 Å². The second-order valence-corrected chi connectivity index (χ2v) is 4.48. The second kappa shape index (κ2) is 4.65. The number of pyridine rings is 1. The number of aryl methyl sites for hydroxylation is 1. The molecule has 0 spiro atoms. The van der Waals surface area contributed by atoms with Gasteiger partial charge in [0.15, 0.2) is 5.65 Å². The van der Waals surface area contributed by atoms with E-state index in [9.17, 15) is 4.79 Å². The number of carbonyl (C=O) groups excluding carboxylic acids is 1. The molecule has 0 radical (unpaired) electrons. The topological polar surface area (TPSA) is 85.3 Å². The Morgan fingerprint density at radius 1 is 1.30 bits per heavy atom. The molecule has 0 aliphatic heterocycles. The van der Waals surface area contributed by atoms with Gasteiger partial charge in [0.25, 0.3) is 5.91 Å². The molecule has 6 nitrogen and oxygen atoms in total. The van der Waals surface area contributed by atoms with Gasteiger partial charge in [-0.15, -0.1) is 5.10 Å². The highest BCUT2D eigenvalue weighted by Crippen LogP contribution is 2.13. The van der Waals surface area contributed by atoms with Crippen LogP contribution >= 0.6 is 0 Å². The van der Waals surface area contributed by atoms with Gasteiger partial charge in [0.05, 0.1) is 5.56 Å². The highest BCUT2D eigenvalue weighted by Gasteiger charge is 2.12. The van der Waals surface area contributed by atoms with Gasteiger partial charge < -0.3 is 5.73 Å². The summed E-state index contributed by atoms with van der Waals surface area (Å²) in [6.45, 7) is 1.97. The van der Waals surface area contributed by atoms with Crippen LogP contribution in [0.5, 0.6) is 0 Å². The summed E-state index contributed by atoms with van der Waals surface area (Å²) in [5.41, 5.74) is 8.35. The van der Waals surface area contributed by atoms with Crippen LogP contribution < -0.4 is 11.1 Å². The zero-order valence-corrected chi connectivity index (χ0v) is 10.9. The first kappa shape index (κ1) is 12.2. The molecule has 1 amide bonds. The molecule has 2 heterocycles. The lowest BCUT2D eigenvalue weighted by Gasteiger charge is -2.03. The smallest absolute Gasteiger partial charge is 0.260 e. The summed E-state index contributed by atoms with van der Waals surface area (Å²) in [6, 6.07) is 10.7. The largest absolute Gasteiger partial charge is 0.398 e. The van der Waals surface area contributed by atoms with Gasteiger partial charge in [-0.2, -0.15) is 4.98 Å². The highest BCUT2D eigenvalue weighted by molar-refractivity contribution is 6.06. The molecule has 2 aromatic heterocycles. The van der Waals surface area contributed by atoms with E-state index < -0.39 is 0 Å². The van der Waals surface area contributed by atoms with Gasteiger partial charge in [0, 0.05) is 11.9 Å². The summed E-state index contributed by atoms with van der Waals surface area (Å²) in [7, 11) is 0. The zero-order chi connectivity index (χ0) is 14.1. The Morgan fingerprint density at radius 2 is 2.10 bits per heavy atom. The van der Waals surface area contributed by atoms with Crippen molar-refractivity contribution in [2.45, 2.75) is 6.92 Å². The molecule has 0 atom stereocenters. The first-order chi connectivity index (χ1) is 9.63. The van der Waals surface area contributed by atoms with Crippen LogP contribution in [0.15, 0.2) is 42.6 Å². The van der Waals surface area contributed by atoms with Crippen molar-refractivity contribution in [3.05, 3.63) is 53.7 Å². The second-order valence-electron chi connectivity index (χ2n) is 4.48. The van der Waals surface area contributed by atoms with Crippen molar-refractivity contribution in [3.63, 3.8) is 0 Å². The third-order valence-electron chi connectivity index (χ3n) is 2.92. The van der Waals surface area contributed by atoms with Gasteiger partial charge in [-0.1, -0.05) is 12.1 Å². The maximum atomic E-state index is 12.1. The van der Waals surface area contributed by atoms with E-state index in [1.807, 2.05) is 19.1 Å². The average Bonchev–Trinajstić information content (AvgIpc) is 2.80. The molecule has 0 unspecified atom stereocenters. The lowest BCUT2D eigenvalue weighted by atomic mass is 10.2. The van der Waals surface area contributed by atoms with E-state index >= 15 is 0 Å². The van der Waals surface area contributed by atoms with Gasteiger partial charge in [-0.05, 0) is 36.8 Å². The molecule has 3 rings (SSSR count). The zero-order valence-electron chi connectivity index (χ0n) is 10.9. The van der Waals surface area contributed by atoms with Crippen molar-refractivity contribution in [1.82, 2.24) is 14.6 Å². The number of hydrogen-bond donors (Lipinski definition) is 2. The Morgan fingerprint density at radius 3 is 2.90 bits per heavy atom. The van der Waals surface area contributed by atoms with Crippen LogP contribution in [0.4, 0.5) is 11.6 Å². The fourth-order valence-electron chi connectivity index (χ4n) is 1.91. The van der Waals surface area contributed by atoms with E-state index in [4.69, 9.17) is 5.73 Å². The van der Waals surface area contributed by atoms with Gasteiger partial charge in [-0.3, -0.25) is 10.1 Å². The minimum Gasteiger partial charge on any atom is -0.398 e. The van der Waals surface area contributed by atoms with Gasteiger partial charge in [-0.25, -0.2) is 4.52 Å². The third-order valence-corrected chi connectivity index (χ3v) is 2.92. The van der Waals surface area contributed by atoms with Crippen LogP contribution in [-0.4, -0.2) is 20.5 Å². The fraction of sp³-hybridized carbons (Fsp3) is 0.0714. The van der Waals surface area contributed by atoms with Gasteiger partial charge in [0.2, 0.25) is 5.95 Å². The number of anilines is 2. The number of nitrogens with zero attached hydrogens (tertiary/aromatic N) is 3. The molecular formula is C14H13N5O. The Kier molecular flexibility index (Phi) is 2.83. The molecule has 0 aliphatic carbocycles.